The third-order valence-electron chi connectivity index (χ3n) is 6.62. The van der Waals surface area contributed by atoms with Crippen molar-refractivity contribution >= 4 is 23.5 Å². The van der Waals surface area contributed by atoms with Crippen molar-refractivity contribution in [3.05, 3.63) is 0 Å². The summed E-state index contributed by atoms with van der Waals surface area (Å²) in [6.07, 6.45) is 4.95. The van der Waals surface area contributed by atoms with Crippen LogP contribution in [-0.4, -0.2) is 188 Å². The molecule has 0 spiro atoms. The smallest absolute Gasteiger partial charge is 0.303 e. The molecule has 1 amide bonds. The van der Waals surface area contributed by atoms with E-state index < -0.39 is 5.97 Å². The van der Waals surface area contributed by atoms with Gasteiger partial charge in [-0.3, -0.25) is 9.59 Å². The van der Waals surface area contributed by atoms with Gasteiger partial charge in [0.1, 0.15) is 0 Å². The van der Waals surface area contributed by atoms with E-state index in [9.17, 15) is 9.59 Å². The zero-order chi connectivity index (χ0) is 37.7. The van der Waals surface area contributed by atoms with E-state index in [1.54, 1.807) is 0 Å². The summed E-state index contributed by atoms with van der Waals surface area (Å²) < 4.78 is 65.7. The predicted molar refractivity (Wildman–Crippen MR) is 194 cm³/mol. The van der Waals surface area contributed by atoms with Crippen LogP contribution in [0.25, 0.3) is 0 Å². The average Bonchev–Trinajstić information content (AvgIpc) is 3.14. The first kappa shape index (κ1) is 50.8. The first-order valence-corrected chi connectivity index (χ1v) is 19.2. The third kappa shape index (κ3) is 46.8. The van der Waals surface area contributed by atoms with Gasteiger partial charge >= 0.3 is 5.97 Å². The van der Waals surface area contributed by atoms with Crippen molar-refractivity contribution in [1.82, 2.24) is 5.32 Å². The number of halogens is 1. The van der Waals surface area contributed by atoms with Crippen molar-refractivity contribution in [2.75, 3.05) is 171 Å². The molecule has 0 saturated heterocycles. The lowest BCUT2D eigenvalue weighted by Gasteiger charge is -2.09. The quantitative estimate of drug-likeness (QED) is 0.0680. The summed E-state index contributed by atoms with van der Waals surface area (Å²) in [5.74, 6) is -0.513. The number of unbranched alkanes of at least 4 members (excludes halogenated alkanes) is 3. The molecule has 0 rings (SSSR count). The molecule has 0 heterocycles. The van der Waals surface area contributed by atoms with Gasteiger partial charge in [-0.2, -0.15) is 0 Å². The normalized spacial score (nSPS) is 11.4. The Morgan fingerprint density at radius 2 is 0.635 bits per heavy atom. The summed E-state index contributed by atoms with van der Waals surface area (Å²) in [6, 6.07) is 0. The molecule has 52 heavy (non-hydrogen) atoms. The number of carboxylic acids is 1. The molecule has 0 atom stereocenters. The Bertz CT molecular complexity index is 730. The molecule has 17 heteroatoms. The van der Waals surface area contributed by atoms with Gasteiger partial charge in [0.2, 0.25) is 5.91 Å². The van der Waals surface area contributed by atoms with Crippen LogP contribution in [0.15, 0.2) is 0 Å². The van der Waals surface area contributed by atoms with E-state index in [-0.39, 0.29) is 18.7 Å². The fourth-order valence-electron chi connectivity index (χ4n) is 3.88. The van der Waals surface area contributed by atoms with Gasteiger partial charge in [0.15, 0.2) is 0 Å². The fraction of sp³-hybridized carbons (Fsp3) is 0.943. The second-order valence-electron chi connectivity index (χ2n) is 11.0. The van der Waals surface area contributed by atoms with Crippen LogP contribution in [-0.2, 0) is 66.4 Å². The van der Waals surface area contributed by atoms with Crippen molar-refractivity contribution in [2.24, 2.45) is 0 Å². The fourth-order valence-corrected chi connectivity index (χ4v) is 4.07. The van der Waals surface area contributed by atoms with Crippen molar-refractivity contribution in [3.63, 3.8) is 0 Å². The topological polar surface area (TPSA) is 177 Å². The van der Waals surface area contributed by atoms with Crippen LogP contribution in [0.2, 0.25) is 0 Å². The van der Waals surface area contributed by atoms with E-state index in [1.165, 1.54) is 0 Å². The molecule has 0 bridgehead atoms. The van der Waals surface area contributed by atoms with Crippen LogP contribution >= 0.6 is 11.6 Å². The number of amides is 1. The number of ether oxygens (including phenoxy) is 12. The Kier molecular flexibility index (Phi) is 44.8. The number of carbonyl (C=O) groups excluding carboxylic acids is 1. The molecule has 0 radical (unpaired) electrons. The lowest BCUT2D eigenvalue weighted by molar-refractivity contribution is -0.138. The Hall–Kier alpha value is -1.25. The van der Waals surface area contributed by atoms with E-state index in [1.807, 2.05) is 0 Å². The summed E-state index contributed by atoms with van der Waals surface area (Å²) in [5, 5.41) is 11.2. The summed E-state index contributed by atoms with van der Waals surface area (Å²) in [7, 11) is 0. The van der Waals surface area contributed by atoms with Crippen LogP contribution < -0.4 is 5.32 Å². The summed E-state index contributed by atoms with van der Waals surface area (Å²) in [6.45, 7) is 12.7. The van der Waals surface area contributed by atoms with E-state index in [0.717, 1.165) is 38.2 Å². The molecule has 0 aromatic carbocycles. The van der Waals surface area contributed by atoms with Gasteiger partial charge in [-0.1, -0.05) is 12.8 Å². The molecule has 0 unspecified atom stereocenters. The molecular formula is C35H68ClNO15. The van der Waals surface area contributed by atoms with Crippen LogP contribution in [0.1, 0.15) is 44.9 Å². The monoisotopic (exact) mass is 777 g/mol. The second-order valence-corrected chi connectivity index (χ2v) is 11.4. The summed E-state index contributed by atoms with van der Waals surface area (Å²) in [4.78, 5) is 21.8. The van der Waals surface area contributed by atoms with E-state index in [0.29, 0.717) is 165 Å². The van der Waals surface area contributed by atoms with Gasteiger partial charge in [0.05, 0.1) is 152 Å². The van der Waals surface area contributed by atoms with Crippen molar-refractivity contribution in [2.45, 2.75) is 44.9 Å². The van der Waals surface area contributed by atoms with Crippen LogP contribution in [0.3, 0.4) is 0 Å². The first-order valence-electron chi connectivity index (χ1n) is 18.6. The number of carbonyl (C=O) groups is 2. The molecule has 0 aliphatic heterocycles. The summed E-state index contributed by atoms with van der Waals surface area (Å²) in [5.41, 5.74) is 0. The minimum Gasteiger partial charge on any atom is -0.481 e. The molecular weight excluding hydrogens is 710 g/mol. The van der Waals surface area contributed by atoms with Crippen molar-refractivity contribution < 1.29 is 71.5 Å². The number of hydrogen-bond donors (Lipinski definition) is 2. The van der Waals surface area contributed by atoms with Gasteiger partial charge in [-0.25, -0.2) is 0 Å². The molecule has 0 aliphatic rings. The standard InChI is InChI=1S/C35H68ClNO15/c36-8-3-1-2-4-10-41-12-14-43-16-18-45-20-22-47-24-26-49-28-30-51-32-33-52-31-29-50-27-25-48-23-21-46-19-17-44-15-13-42-11-5-9-37-34(38)6-7-35(39)40/h1-33H2,(H,37,38)(H,39,40). The lowest BCUT2D eigenvalue weighted by atomic mass is 10.2. The van der Waals surface area contributed by atoms with Crippen LogP contribution in [0.5, 0.6) is 0 Å². The largest absolute Gasteiger partial charge is 0.481 e. The maximum atomic E-state index is 11.4. The van der Waals surface area contributed by atoms with Crippen molar-refractivity contribution in [3.8, 4) is 0 Å². The number of hydrogen-bond acceptors (Lipinski definition) is 14. The highest BCUT2D eigenvalue weighted by atomic mass is 35.5. The molecule has 0 aliphatic carbocycles. The molecule has 310 valence electrons. The molecule has 2 N–H and O–H groups in total. The van der Waals surface area contributed by atoms with Crippen molar-refractivity contribution in [1.29, 1.82) is 0 Å². The Morgan fingerprint density at radius 1 is 0.365 bits per heavy atom. The molecule has 0 aromatic heterocycles. The zero-order valence-corrected chi connectivity index (χ0v) is 32.1. The molecule has 16 nitrogen and oxygen atoms in total. The van der Waals surface area contributed by atoms with Crippen LogP contribution in [0, 0.1) is 0 Å². The molecule has 0 fully saturated rings. The highest BCUT2D eigenvalue weighted by Crippen LogP contribution is 2.01. The summed E-state index contributed by atoms with van der Waals surface area (Å²) >= 11 is 5.65. The predicted octanol–water partition coefficient (Wildman–Crippen LogP) is 2.36. The molecule has 0 saturated carbocycles. The number of aliphatic carboxylic acids is 1. The minimum atomic E-state index is -0.983. The Labute approximate surface area is 315 Å². The van der Waals surface area contributed by atoms with E-state index in [4.69, 9.17) is 73.5 Å². The van der Waals surface area contributed by atoms with Gasteiger partial charge in [0.25, 0.3) is 0 Å². The van der Waals surface area contributed by atoms with E-state index >= 15 is 0 Å². The number of nitrogens with one attached hydrogen (secondary N) is 1. The molecule has 0 aromatic rings. The lowest BCUT2D eigenvalue weighted by Crippen LogP contribution is -2.25. The van der Waals surface area contributed by atoms with Gasteiger partial charge in [-0.05, 0) is 19.3 Å². The van der Waals surface area contributed by atoms with E-state index in [2.05, 4.69) is 5.32 Å². The third-order valence-corrected chi connectivity index (χ3v) is 6.89. The number of rotatable bonds is 46. The maximum absolute atomic E-state index is 11.4. The minimum absolute atomic E-state index is 0.0110. The average molecular weight is 778 g/mol. The number of alkyl halides is 1. The van der Waals surface area contributed by atoms with Gasteiger partial charge < -0.3 is 67.3 Å². The number of carboxylic acid groups (broad SMARTS) is 1. The highest BCUT2D eigenvalue weighted by Gasteiger charge is 2.04. The van der Waals surface area contributed by atoms with Gasteiger partial charge in [-0.15, -0.1) is 11.6 Å². The van der Waals surface area contributed by atoms with Gasteiger partial charge in [0, 0.05) is 32.1 Å². The maximum Gasteiger partial charge on any atom is 0.303 e. The van der Waals surface area contributed by atoms with Crippen LogP contribution in [0.4, 0.5) is 0 Å². The first-order chi connectivity index (χ1) is 25.7. The SMILES string of the molecule is O=C(O)CCC(=O)NCCCOCCOCCOCCOCCOCCOCCOCCOCCOCCOCCOCCOCCCCCCCl. The zero-order valence-electron chi connectivity index (χ0n) is 31.4. The second kappa shape index (κ2) is 45.9. The Balaban J connectivity index is 3.08. The Morgan fingerprint density at radius 3 is 0.923 bits per heavy atom. The highest BCUT2D eigenvalue weighted by molar-refractivity contribution is 6.17.